The summed E-state index contributed by atoms with van der Waals surface area (Å²) in [4.78, 5) is 25.6. The number of carbonyl (C=O) groups is 2. The molecule has 1 aromatic heterocycles. The summed E-state index contributed by atoms with van der Waals surface area (Å²) < 4.78 is 10.2. The Morgan fingerprint density at radius 3 is 3.11 bits per heavy atom. The molecule has 1 fully saturated rings. The lowest BCUT2D eigenvalue weighted by Gasteiger charge is -2.21. The van der Waals surface area contributed by atoms with Crippen molar-refractivity contribution in [3.63, 3.8) is 0 Å². The molecule has 1 aliphatic heterocycles. The van der Waals surface area contributed by atoms with Gasteiger partial charge in [0.15, 0.2) is 5.76 Å². The molecule has 0 bridgehead atoms. The monoisotopic (exact) mass is 263 g/mol. The van der Waals surface area contributed by atoms with E-state index in [0.29, 0.717) is 13.0 Å². The summed E-state index contributed by atoms with van der Waals surface area (Å²) in [5, 5.41) is 0. The van der Waals surface area contributed by atoms with E-state index in [-0.39, 0.29) is 24.2 Å². The van der Waals surface area contributed by atoms with E-state index < -0.39 is 6.04 Å². The Hall–Kier alpha value is -2.04. The number of ether oxygens (including phenoxy) is 1. The van der Waals surface area contributed by atoms with E-state index in [2.05, 4.69) is 0 Å². The van der Waals surface area contributed by atoms with E-state index in [1.54, 1.807) is 18.2 Å². The van der Waals surface area contributed by atoms with Gasteiger partial charge < -0.3 is 14.1 Å². The molecule has 19 heavy (non-hydrogen) atoms. The lowest BCUT2D eigenvalue weighted by Crippen LogP contribution is -2.41. The first kappa shape index (κ1) is 13.4. The van der Waals surface area contributed by atoms with Gasteiger partial charge in [0.1, 0.15) is 12.6 Å². The molecule has 102 valence electrons. The van der Waals surface area contributed by atoms with Crippen LogP contribution in [0.2, 0.25) is 0 Å². The number of esters is 1. The Labute approximate surface area is 111 Å². The second-order valence-electron chi connectivity index (χ2n) is 4.33. The SMILES string of the molecule is C/C=C/COC(=O)[C@@H]1CCCN1C(=O)c1ccco1. The summed E-state index contributed by atoms with van der Waals surface area (Å²) in [5.41, 5.74) is 0. The van der Waals surface area contributed by atoms with E-state index in [9.17, 15) is 9.59 Å². The molecular formula is C14H17NO4. The van der Waals surface area contributed by atoms with Gasteiger partial charge in [0, 0.05) is 6.54 Å². The first-order valence-corrected chi connectivity index (χ1v) is 6.36. The van der Waals surface area contributed by atoms with Crippen molar-refractivity contribution in [3.05, 3.63) is 36.3 Å². The van der Waals surface area contributed by atoms with Crippen LogP contribution in [0.15, 0.2) is 35.0 Å². The second-order valence-corrected chi connectivity index (χ2v) is 4.33. The maximum absolute atomic E-state index is 12.2. The topological polar surface area (TPSA) is 59.8 Å². The number of amides is 1. The smallest absolute Gasteiger partial charge is 0.329 e. The number of furan rings is 1. The molecule has 1 atom stereocenters. The maximum Gasteiger partial charge on any atom is 0.329 e. The maximum atomic E-state index is 12.2. The van der Waals surface area contributed by atoms with Crippen molar-refractivity contribution in [2.75, 3.05) is 13.2 Å². The van der Waals surface area contributed by atoms with Crippen molar-refractivity contribution in [1.82, 2.24) is 4.90 Å². The normalized spacial score (nSPS) is 19.0. The van der Waals surface area contributed by atoms with E-state index in [0.717, 1.165) is 6.42 Å². The molecule has 0 unspecified atom stereocenters. The van der Waals surface area contributed by atoms with Gasteiger partial charge >= 0.3 is 5.97 Å². The summed E-state index contributed by atoms with van der Waals surface area (Å²) in [6.07, 6.45) is 6.46. The molecule has 1 aliphatic rings. The molecule has 0 spiro atoms. The van der Waals surface area contributed by atoms with Crippen LogP contribution in [0.1, 0.15) is 30.3 Å². The highest BCUT2D eigenvalue weighted by Crippen LogP contribution is 2.21. The Kier molecular flexibility index (Phi) is 4.39. The lowest BCUT2D eigenvalue weighted by atomic mass is 10.2. The molecule has 1 saturated heterocycles. The minimum Gasteiger partial charge on any atom is -0.460 e. The van der Waals surface area contributed by atoms with Crippen LogP contribution < -0.4 is 0 Å². The summed E-state index contributed by atoms with van der Waals surface area (Å²) in [5.74, 6) is -0.348. The standard InChI is InChI=1S/C14H17NO4/c1-2-3-9-19-14(17)11-6-4-8-15(11)13(16)12-7-5-10-18-12/h2-3,5,7,10-11H,4,6,8-9H2,1H3/b3-2+/t11-/m0/s1. The molecular weight excluding hydrogens is 246 g/mol. The number of likely N-dealkylation sites (tertiary alicyclic amines) is 1. The average Bonchev–Trinajstić information content (AvgIpc) is 3.09. The highest BCUT2D eigenvalue weighted by molar-refractivity contribution is 5.94. The van der Waals surface area contributed by atoms with Gasteiger partial charge in [-0.1, -0.05) is 12.2 Å². The summed E-state index contributed by atoms with van der Waals surface area (Å²) in [6, 6.07) is 2.76. The molecule has 0 aromatic carbocycles. The Morgan fingerprint density at radius 2 is 2.42 bits per heavy atom. The Bertz CT molecular complexity index is 464. The third kappa shape index (κ3) is 3.05. The number of rotatable bonds is 4. The third-order valence-corrected chi connectivity index (χ3v) is 3.08. The van der Waals surface area contributed by atoms with E-state index in [4.69, 9.17) is 9.15 Å². The molecule has 0 radical (unpaired) electrons. The predicted octanol–water partition coefficient (Wildman–Crippen LogP) is 2.00. The van der Waals surface area contributed by atoms with Crippen LogP contribution in [-0.2, 0) is 9.53 Å². The molecule has 0 saturated carbocycles. The average molecular weight is 263 g/mol. The van der Waals surface area contributed by atoms with Crippen molar-refractivity contribution >= 4 is 11.9 Å². The van der Waals surface area contributed by atoms with Crippen LogP contribution in [0.3, 0.4) is 0 Å². The zero-order valence-electron chi connectivity index (χ0n) is 10.9. The molecule has 5 heteroatoms. The number of carbonyl (C=O) groups excluding carboxylic acids is 2. The van der Waals surface area contributed by atoms with Crippen molar-refractivity contribution in [1.29, 1.82) is 0 Å². The Balaban J connectivity index is 2.00. The van der Waals surface area contributed by atoms with Gasteiger partial charge in [-0.3, -0.25) is 4.79 Å². The highest BCUT2D eigenvalue weighted by Gasteiger charge is 2.36. The highest BCUT2D eigenvalue weighted by atomic mass is 16.5. The quantitative estimate of drug-likeness (QED) is 0.616. The van der Waals surface area contributed by atoms with Crippen molar-refractivity contribution < 1.29 is 18.7 Å². The van der Waals surface area contributed by atoms with E-state index >= 15 is 0 Å². The summed E-state index contributed by atoms with van der Waals surface area (Å²) in [6.45, 7) is 2.66. The van der Waals surface area contributed by atoms with Gasteiger partial charge in [-0.15, -0.1) is 0 Å². The van der Waals surface area contributed by atoms with Crippen LogP contribution in [0.4, 0.5) is 0 Å². The van der Waals surface area contributed by atoms with Crippen LogP contribution in [0, 0.1) is 0 Å². The van der Waals surface area contributed by atoms with Crippen LogP contribution in [0.25, 0.3) is 0 Å². The van der Waals surface area contributed by atoms with E-state index in [1.165, 1.54) is 11.2 Å². The Morgan fingerprint density at radius 1 is 1.58 bits per heavy atom. The van der Waals surface area contributed by atoms with Crippen LogP contribution in [0.5, 0.6) is 0 Å². The molecule has 5 nitrogen and oxygen atoms in total. The minimum atomic E-state index is -0.497. The predicted molar refractivity (Wildman–Crippen MR) is 68.5 cm³/mol. The van der Waals surface area contributed by atoms with Gasteiger partial charge in [0.2, 0.25) is 0 Å². The molecule has 0 N–H and O–H groups in total. The van der Waals surface area contributed by atoms with Crippen LogP contribution in [-0.4, -0.2) is 36.0 Å². The van der Waals surface area contributed by atoms with Crippen molar-refractivity contribution in [2.45, 2.75) is 25.8 Å². The largest absolute Gasteiger partial charge is 0.460 e. The first-order valence-electron chi connectivity index (χ1n) is 6.36. The minimum absolute atomic E-state index is 0.245. The summed E-state index contributed by atoms with van der Waals surface area (Å²) >= 11 is 0. The number of hydrogen-bond acceptors (Lipinski definition) is 4. The van der Waals surface area contributed by atoms with Crippen molar-refractivity contribution in [3.8, 4) is 0 Å². The zero-order valence-corrected chi connectivity index (χ0v) is 10.9. The van der Waals surface area contributed by atoms with Crippen LogP contribution >= 0.6 is 0 Å². The molecule has 0 aliphatic carbocycles. The number of allylic oxidation sites excluding steroid dienone is 1. The second kappa shape index (κ2) is 6.22. The van der Waals surface area contributed by atoms with Gasteiger partial charge in [-0.25, -0.2) is 4.79 Å². The molecule has 1 aromatic rings. The third-order valence-electron chi connectivity index (χ3n) is 3.08. The van der Waals surface area contributed by atoms with Gasteiger partial charge in [-0.2, -0.15) is 0 Å². The summed E-state index contributed by atoms with van der Waals surface area (Å²) in [7, 11) is 0. The van der Waals surface area contributed by atoms with Gasteiger partial charge in [-0.05, 0) is 31.9 Å². The molecule has 2 heterocycles. The molecule has 2 rings (SSSR count). The van der Waals surface area contributed by atoms with E-state index in [1.807, 2.05) is 13.0 Å². The first-order chi connectivity index (χ1) is 9.24. The van der Waals surface area contributed by atoms with Crippen molar-refractivity contribution in [2.24, 2.45) is 0 Å². The number of nitrogens with zero attached hydrogens (tertiary/aromatic N) is 1. The molecule has 1 amide bonds. The zero-order chi connectivity index (χ0) is 13.7. The fraction of sp³-hybridized carbons (Fsp3) is 0.429. The van der Waals surface area contributed by atoms with Gasteiger partial charge in [0.05, 0.1) is 6.26 Å². The fourth-order valence-electron chi connectivity index (χ4n) is 2.12. The van der Waals surface area contributed by atoms with Gasteiger partial charge in [0.25, 0.3) is 5.91 Å². The number of hydrogen-bond donors (Lipinski definition) is 0. The lowest BCUT2D eigenvalue weighted by molar-refractivity contribution is -0.146. The fourth-order valence-corrected chi connectivity index (χ4v) is 2.12.